The van der Waals surface area contributed by atoms with Gasteiger partial charge in [0.25, 0.3) is 0 Å². The molecule has 0 radical (unpaired) electrons. The lowest BCUT2D eigenvalue weighted by molar-refractivity contribution is 0.106. The van der Waals surface area contributed by atoms with Crippen LogP contribution in [0.2, 0.25) is 0 Å². The van der Waals surface area contributed by atoms with E-state index in [1.165, 1.54) is 16.8 Å². The van der Waals surface area contributed by atoms with Crippen molar-refractivity contribution >= 4 is 5.71 Å². The number of likely N-dealkylation sites (N-methyl/N-ethyl adjacent to an activating group) is 2. The van der Waals surface area contributed by atoms with Gasteiger partial charge in [0.05, 0.1) is 18.9 Å². The van der Waals surface area contributed by atoms with Crippen LogP contribution in [0.4, 0.5) is 0 Å². The summed E-state index contributed by atoms with van der Waals surface area (Å²) in [7, 11) is 3.93. The number of hydrogen-bond donors (Lipinski definition) is 0. The normalized spacial score (nSPS) is 26.8. The number of ether oxygens (including phenoxy) is 1. The fraction of sp³-hybridized carbons (Fsp3) is 0.667. The largest absolute Gasteiger partial charge is 0.497 e. The van der Waals surface area contributed by atoms with Crippen molar-refractivity contribution in [1.29, 1.82) is 0 Å². The van der Waals surface area contributed by atoms with Gasteiger partial charge in [0.2, 0.25) is 0 Å². The summed E-state index contributed by atoms with van der Waals surface area (Å²) in [4.78, 5) is 10.6. The van der Waals surface area contributed by atoms with Crippen LogP contribution in [0.5, 0.6) is 5.75 Å². The molecule has 1 aromatic carbocycles. The van der Waals surface area contributed by atoms with Gasteiger partial charge >= 0.3 is 0 Å². The predicted octanol–water partition coefficient (Wildman–Crippen LogP) is 2.93. The van der Waals surface area contributed by atoms with E-state index < -0.39 is 0 Å². The number of nitrogens with zero attached hydrogens (tertiary/aromatic N) is 3. The molecule has 0 N–H and O–H groups in total. The van der Waals surface area contributed by atoms with Gasteiger partial charge in [-0.2, -0.15) is 0 Å². The van der Waals surface area contributed by atoms with Gasteiger partial charge in [-0.05, 0) is 69.7 Å². The smallest absolute Gasteiger partial charge is 0.129 e. The first kappa shape index (κ1) is 19.2. The molecule has 0 amide bonds. The Morgan fingerprint density at radius 3 is 2.77 bits per heavy atom. The molecule has 5 nitrogen and oxygen atoms in total. The number of rotatable bonds is 7. The van der Waals surface area contributed by atoms with Crippen molar-refractivity contribution < 1.29 is 9.57 Å². The Bertz CT molecular complexity index is 657. The predicted molar refractivity (Wildman–Crippen MR) is 106 cm³/mol. The summed E-state index contributed by atoms with van der Waals surface area (Å²) >= 11 is 0. The summed E-state index contributed by atoms with van der Waals surface area (Å²) in [5, 5.41) is 4.69. The molecule has 2 bridgehead atoms. The molecule has 1 fully saturated rings. The third kappa shape index (κ3) is 3.47. The van der Waals surface area contributed by atoms with Crippen LogP contribution in [0, 0.1) is 0 Å². The first-order chi connectivity index (χ1) is 12.5. The van der Waals surface area contributed by atoms with Crippen molar-refractivity contribution in [2.45, 2.75) is 45.1 Å². The van der Waals surface area contributed by atoms with E-state index in [4.69, 9.17) is 14.7 Å². The molecule has 144 valence electrons. The Labute approximate surface area is 157 Å². The van der Waals surface area contributed by atoms with Crippen LogP contribution in [0.3, 0.4) is 0 Å². The molecule has 2 atom stereocenters. The quantitative estimate of drug-likeness (QED) is 0.554. The molecule has 5 heteroatoms. The number of hydrogen-bond acceptors (Lipinski definition) is 5. The highest BCUT2D eigenvalue weighted by Crippen LogP contribution is 2.43. The van der Waals surface area contributed by atoms with Gasteiger partial charge in [-0.15, -0.1) is 0 Å². The van der Waals surface area contributed by atoms with E-state index in [1.54, 1.807) is 7.11 Å². The summed E-state index contributed by atoms with van der Waals surface area (Å²) in [5.74, 6) is 0.921. The molecular weight excluding hydrogens is 326 g/mol. The van der Waals surface area contributed by atoms with Gasteiger partial charge in [-0.1, -0.05) is 25.1 Å². The van der Waals surface area contributed by atoms with E-state index in [2.05, 4.69) is 55.8 Å². The van der Waals surface area contributed by atoms with Crippen molar-refractivity contribution in [2.24, 2.45) is 5.16 Å². The van der Waals surface area contributed by atoms with Crippen LogP contribution >= 0.6 is 0 Å². The summed E-state index contributed by atoms with van der Waals surface area (Å²) < 4.78 is 5.48. The van der Waals surface area contributed by atoms with Crippen molar-refractivity contribution in [3.63, 3.8) is 0 Å². The van der Waals surface area contributed by atoms with Crippen molar-refractivity contribution in [3.8, 4) is 5.75 Å². The fourth-order valence-corrected chi connectivity index (χ4v) is 4.35. The Morgan fingerprint density at radius 1 is 1.31 bits per heavy atom. The maximum absolute atomic E-state index is 5.82. The molecule has 1 heterocycles. The highest BCUT2D eigenvalue weighted by atomic mass is 16.6. The third-order valence-electron chi connectivity index (χ3n) is 6.26. The van der Waals surface area contributed by atoms with Gasteiger partial charge in [0, 0.05) is 12.0 Å². The molecule has 3 rings (SSSR count). The van der Waals surface area contributed by atoms with E-state index in [0.29, 0.717) is 12.6 Å². The molecular formula is C21H33N3O2. The molecule has 2 unspecified atom stereocenters. The maximum atomic E-state index is 5.82. The SMILES string of the molecule is CCN(CC)CCO/N=C1/C2Cc3ccc(OC)cc3C1(C)CCN2C. The first-order valence-electron chi connectivity index (χ1n) is 9.83. The number of piperidine rings is 1. The number of methoxy groups -OCH3 is 1. The van der Waals surface area contributed by atoms with Crippen LogP contribution in [0.1, 0.15) is 38.3 Å². The molecule has 0 saturated carbocycles. The van der Waals surface area contributed by atoms with Gasteiger partial charge in [-0.3, -0.25) is 4.90 Å². The second-order valence-electron chi connectivity index (χ2n) is 7.64. The zero-order chi connectivity index (χ0) is 18.7. The van der Waals surface area contributed by atoms with E-state index >= 15 is 0 Å². The zero-order valence-corrected chi connectivity index (χ0v) is 16.9. The van der Waals surface area contributed by atoms with Crippen LogP contribution in [-0.4, -0.2) is 68.5 Å². The van der Waals surface area contributed by atoms with E-state index in [-0.39, 0.29) is 5.41 Å². The number of oxime groups is 1. The van der Waals surface area contributed by atoms with Gasteiger partial charge in [-0.25, -0.2) is 0 Å². The average molecular weight is 360 g/mol. The summed E-state index contributed by atoms with van der Waals surface area (Å²) in [5.41, 5.74) is 3.86. The van der Waals surface area contributed by atoms with Gasteiger partial charge in [0.15, 0.2) is 0 Å². The van der Waals surface area contributed by atoms with Crippen molar-refractivity contribution in [1.82, 2.24) is 9.80 Å². The molecule has 0 aromatic heterocycles. The minimum atomic E-state index is -0.0749. The van der Waals surface area contributed by atoms with Crippen LogP contribution in [0.15, 0.2) is 23.4 Å². The second-order valence-corrected chi connectivity index (χ2v) is 7.64. The summed E-state index contributed by atoms with van der Waals surface area (Å²) in [6.45, 7) is 11.4. The van der Waals surface area contributed by atoms with E-state index in [9.17, 15) is 0 Å². The number of likely N-dealkylation sites (tertiary alicyclic amines) is 1. The van der Waals surface area contributed by atoms with Gasteiger partial charge < -0.3 is 14.5 Å². The van der Waals surface area contributed by atoms with Crippen LogP contribution in [-0.2, 0) is 16.7 Å². The second kappa shape index (κ2) is 7.97. The minimum Gasteiger partial charge on any atom is -0.497 e. The molecule has 1 saturated heterocycles. The Morgan fingerprint density at radius 2 is 2.08 bits per heavy atom. The lowest BCUT2D eigenvalue weighted by Gasteiger charge is -2.49. The standard InChI is InChI=1S/C21H33N3O2/c1-6-24(7-2)12-13-26-22-20-19-14-16-8-9-17(25-5)15-18(16)21(20,3)10-11-23(19)4/h8-9,15,19H,6-7,10-14H2,1-5H3/b22-20-. The van der Waals surface area contributed by atoms with E-state index in [0.717, 1.165) is 44.8 Å². The molecule has 2 aliphatic rings. The molecule has 1 aromatic rings. The lowest BCUT2D eigenvalue weighted by atomic mass is 9.63. The summed E-state index contributed by atoms with van der Waals surface area (Å²) in [6, 6.07) is 6.81. The highest BCUT2D eigenvalue weighted by molar-refractivity contribution is 6.01. The molecule has 0 spiro atoms. The monoisotopic (exact) mass is 359 g/mol. The molecule has 26 heavy (non-hydrogen) atoms. The van der Waals surface area contributed by atoms with Crippen LogP contribution < -0.4 is 4.74 Å². The summed E-state index contributed by atoms with van der Waals surface area (Å²) in [6.07, 6.45) is 2.04. The fourth-order valence-electron chi connectivity index (χ4n) is 4.35. The van der Waals surface area contributed by atoms with E-state index in [1.807, 2.05) is 0 Å². The third-order valence-corrected chi connectivity index (χ3v) is 6.26. The first-order valence-corrected chi connectivity index (χ1v) is 9.83. The minimum absolute atomic E-state index is 0.0749. The average Bonchev–Trinajstić information content (AvgIpc) is 2.66. The van der Waals surface area contributed by atoms with Gasteiger partial charge in [0.1, 0.15) is 12.4 Å². The van der Waals surface area contributed by atoms with Crippen molar-refractivity contribution in [2.75, 3.05) is 46.9 Å². The highest BCUT2D eigenvalue weighted by Gasteiger charge is 2.48. The lowest BCUT2D eigenvalue weighted by Crippen LogP contribution is -2.58. The zero-order valence-electron chi connectivity index (χ0n) is 16.9. The molecule has 1 aliphatic carbocycles. The van der Waals surface area contributed by atoms with Crippen LogP contribution in [0.25, 0.3) is 0 Å². The topological polar surface area (TPSA) is 37.3 Å². The number of benzene rings is 1. The maximum Gasteiger partial charge on any atom is 0.129 e. The Hall–Kier alpha value is -1.59. The van der Waals surface area contributed by atoms with Crippen molar-refractivity contribution in [3.05, 3.63) is 29.3 Å². The Kier molecular flexibility index (Phi) is 5.88. The Balaban J connectivity index is 1.85. The number of fused-ring (bicyclic) bond motifs is 4. The molecule has 1 aliphatic heterocycles.